The van der Waals surface area contributed by atoms with Crippen LogP contribution in [0.15, 0.2) is 54.6 Å². The summed E-state index contributed by atoms with van der Waals surface area (Å²) >= 11 is 0. The third-order valence-electron chi connectivity index (χ3n) is 5.89. The molecule has 1 saturated heterocycles. The molecule has 2 amide bonds. The van der Waals surface area contributed by atoms with Crippen LogP contribution in [-0.4, -0.2) is 55.5 Å². The van der Waals surface area contributed by atoms with E-state index in [0.29, 0.717) is 50.5 Å². The van der Waals surface area contributed by atoms with Gasteiger partial charge in [-0.15, -0.1) is 0 Å². The van der Waals surface area contributed by atoms with Crippen molar-refractivity contribution in [1.82, 2.24) is 9.80 Å². The summed E-state index contributed by atoms with van der Waals surface area (Å²) in [5.74, 6) is 1.41. The van der Waals surface area contributed by atoms with Crippen LogP contribution in [0.1, 0.15) is 30.9 Å². The molecule has 2 aromatic rings. The number of carbonyl (C=O) groups excluding carboxylic acids is 2. The lowest BCUT2D eigenvalue weighted by molar-refractivity contribution is -0.139. The Labute approximate surface area is 190 Å². The highest BCUT2D eigenvalue weighted by Gasteiger charge is 2.29. The highest BCUT2D eigenvalue weighted by Crippen LogP contribution is 2.28. The van der Waals surface area contributed by atoms with Crippen LogP contribution in [0, 0.1) is 5.92 Å². The maximum Gasteiger partial charge on any atom is 0.246 e. The molecule has 1 aliphatic heterocycles. The Morgan fingerprint density at radius 2 is 1.72 bits per heavy atom. The van der Waals surface area contributed by atoms with Crippen LogP contribution >= 0.6 is 0 Å². The third kappa shape index (κ3) is 5.90. The Balaban J connectivity index is 1.55. The number of carbonyl (C=O) groups is 2. The van der Waals surface area contributed by atoms with E-state index in [1.54, 1.807) is 20.3 Å². The molecule has 32 heavy (non-hydrogen) atoms. The summed E-state index contributed by atoms with van der Waals surface area (Å²) in [5, 5.41) is 0. The van der Waals surface area contributed by atoms with Gasteiger partial charge in [-0.25, -0.2) is 0 Å². The predicted octanol–water partition coefficient (Wildman–Crippen LogP) is 4.00. The van der Waals surface area contributed by atoms with Gasteiger partial charge in [-0.05, 0) is 49.1 Å². The molecule has 0 unspecified atom stereocenters. The van der Waals surface area contributed by atoms with E-state index in [0.717, 1.165) is 11.1 Å². The van der Waals surface area contributed by atoms with Gasteiger partial charge < -0.3 is 19.3 Å². The molecule has 0 aromatic heterocycles. The minimum Gasteiger partial charge on any atom is -0.493 e. The molecule has 0 atom stereocenters. The molecule has 170 valence electrons. The lowest BCUT2D eigenvalue weighted by Gasteiger charge is -2.33. The SMILES string of the molecule is CCN(Cc1ccc(OC)c(OC)c1)C(=O)C1CCN(C(=O)C=Cc2ccccc2)CC1. The highest BCUT2D eigenvalue weighted by atomic mass is 16.5. The predicted molar refractivity (Wildman–Crippen MR) is 125 cm³/mol. The second-order valence-corrected chi connectivity index (χ2v) is 7.89. The maximum absolute atomic E-state index is 13.2. The number of benzene rings is 2. The number of amides is 2. The quantitative estimate of drug-likeness (QED) is 0.587. The molecular formula is C26H32N2O4. The van der Waals surface area contributed by atoms with Crippen molar-refractivity contribution in [2.24, 2.45) is 5.92 Å². The zero-order valence-corrected chi connectivity index (χ0v) is 19.1. The van der Waals surface area contributed by atoms with Crippen LogP contribution in [0.25, 0.3) is 6.08 Å². The number of hydrogen-bond donors (Lipinski definition) is 0. The zero-order valence-electron chi connectivity index (χ0n) is 19.1. The fraction of sp³-hybridized carbons (Fsp3) is 0.385. The number of likely N-dealkylation sites (tertiary alicyclic amines) is 1. The summed E-state index contributed by atoms with van der Waals surface area (Å²) in [6.07, 6.45) is 4.83. The highest BCUT2D eigenvalue weighted by molar-refractivity contribution is 5.92. The Morgan fingerprint density at radius 1 is 1.03 bits per heavy atom. The maximum atomic E-state index is 13.2. The first kappa shape index (κ1) is 23.4. The number of nitrogens with zero attached hydrogens (tertiary/aromatic N) is 2. The fourth-order valence-corrected chi connectivity index (χ4v) is 3.99. The molecule has 6 nitrogen and oxygen atoms in total. The summed E-state index contributed by atoms with van der Waals surface area (Å²) < 4.78 is 10.7. The van der Waals surface area contributed by atoms with Crippen molar-refractivity contribution in [2.75, 3.05) is 33.9 Å². The summed E-state index contributed by atoms with van der Waals surface area (Å²) in [6, 6.07) is 15.5. The van der Waals surface area contributed by atoms with E-state index in [1.165, 1.54) is 0 Å². The molecule has 1 fully saturated rings. The first-order valence-electron chi connectivity index (χ1n) is 11.1. The van der Waals surface area contributed by atoms with Crippen LogP contribution in [0.3, 0.4) is 0 Å². The van der Waals surface area contributed by atoms with Gasteiger partial charge in [0, 0.05) is 38.2 Å². The minimum absolute atomic E-state index is 0.00238. The summed E-state index contributed by atoms with van der Waals surface area (Å²) in [5.41, 5.74) is 2.00. The number of hydrogen-bond acceptors (Lipinski definition) is 4. The van der Waals surface area contributed by atoms with Crippen molar-refractivity contribution in [3.05, 3.63) is 65.7 Å². The molecule has 0 aliphatic carbocycles. The monoisotopic (exact) mass is 436 g/mol. The number of rotatable bonds is 8. The summed E-state index contributed by atoms with van der Waals surface area (Å²) in [7, 11) is 3.21. The topological polar surface area (TPSA) is 59.1 Å². The van der Waals surface area contributed by atoms with Gasteiger partial charge in [0.2, 0.25) is 11.8 Å². The van der Waals surface area contributed by atoms with Crippen LogP contribution in [0.4, 0.5) is 0 Å². The van der Waals surface area contributed by atoms with Crippen molar-refractivity contribution < 1.29 is 19.1 Å². The van der Waals surface area contributed by atoms with E-state index < -0.39 is 0 Å². The Kier molecular flexibility index (Phi) is 8.31. The number of methoxy groups -OCH3 is 2. The van der Waals surface area contributed by atoms with Gasteiger partial charge in [0.05, 0.1) is 14.2 Å². The van der Waals surface area contributed by atoms with Gasteiger partial charge in [0.25, 0.3) is 0 Å². The van der Waals surface area contributed by atoms with Crippen LogP contribution < -0.4 is 9.47 Å². The van der Waals surface area contributed by atoms with Gasteiger partial charge in [-0.2, -0.15) is 0 Å². The average Bonchev–Trinajstić information content (AvgIpc) is 2.86. The third-order valence-corrected chi connectivity index (χ3v) is 5.89. The molecule has 0 bridgehead atoms. The minimum atomic E-state index is -0.0581. The van der Waals surface area contributed by atoms with E-state index >= 15 is 0 Å². The lowest BCUT2D eigenvalue weighted by Crippen LogP contribution is -2.43. The first-order chi connectivity index (χ1) is 15.5. The smallest absolute Gasteiger partial charge is 0.246 e. The molecule has 2 aromatic carbocycles. The van der Waals surface area contributed by atoms with E-state index in [2.05, 4.69) is 0 Å². The second kappa shape index (κ2) is 11.4. The zero-order chi connectivity index (χ0) is 22.9. The van der Waals surface area contributed by atoms with Crippen molar-refractivity contribution in [3.63, 3.8) is 0 Å². The summed E-state index contributed by atoms with van der Waals surface area (Å²) in [4.78, 5) is 29.4. The van der Waals surface area contributed by atoms with Gasteiger partial charge >= 0.3 is 0 Å². The van der Waals surface area contributed by atoms with Crippen molar-refractivity contribution in [1.29, 1.82) is 0 Å². The average molecular weight is 437 g/mol. The molecule has 0 saturated carbocycles. The molecule has 3 rings (SSSR count). The molecule has 6 heteroatoms. The van der Waals surface area contributed by atoms with Gasteiger partial charge in [-0.1, -0.05) is 36.4 Å². The van der Waals surface area contributed by atoms with Crippen LogP contribution in [0.5, 0.6) is 11.5 Å². The Morgan fingerprint density at radius 3 is 2.34 bits per heavy atom. The Bertz CT molecular complexity index is 934. The Hall–Kier alpha value is -3.28. The molecule has 0 radical (unpaired) electrons. The molecule has 1 heterocycles. The normalized spacial score (nSPS) is 14.4. The number of piperidine rings is 1. The fourth-order valence-electron chi connectivity index (χ4n) is 3.99. The van der Waals surface area contributed by atoms with E-state index in [1.807, 2.05) is 71.3 Å². The second-order valence-electron chi connectivity index (χ2n) is 7.89. The van der Waals surface area contributed by atoms with E-state index in [4.69, 9.17) is 9.47 Å². The standard InChI is InChI=1S/C26H32N2O4/c1-4-27(19-21-10-12-23(31-2)24(18-21)32-3)26(30)22-14-16-28(17-15-22)25(29)13-11-20-8-6-5-7-9-20/h5-13,18,22H,4,14-17,19H2,1-3H3. The van der Waals surface area contributed by atoms with Gasteiger partial charge in [-0.3, -0.25) is 9.59 Å². The van der Waals surface area contributed by atoms with Crippen molar-refractivity contribution in [2.45, 2.75) is 26.3 Å². The van der Waals surface area contributed by atoms with E-state index in [-0.39, 0.29) is 17.7 Å². The molecule has 0 N–H and O–H groups in total. The summed E-state index contributed by atoms with van der Waals surface area (Å²) in [6.45, 7) is 4.34. The van der Waals surface area contributed by atoms with E-state index in [9.17, 15) is 9.59 Å². The molecular weight excluding hydrogens is 404 g/mol. The molecule has 1 aliphatic rings. The van der Waals surface area contributed by atoms with Gasteiger partial charge in [0.15, 0.2) is 11.5 Å². The lowest BCUT2D eigenvalue weighted by atomic mass is 9.95. The van der Waals surface area contributed by atoms with Crippen molar-refractivity contribution >= 4 is 17.9 Å². The molecule has 0 spiro atoms. The van der Waals surface area contributed by atoms with Crippen molar-refractivity contribution in [3.8, 4) is 11.5 Å². The first-order valence-corrected chi connectivity index (χ1v) is 11.1. The number of ether oxygens (including phenoxy) is 2. The largest absolute Gasteiger partial charge is 0.493 e. The van der Waals surface area contributed by atoms with Gasteiger partial charge in [0.1, 0.15) is 0 Å². The van der Waals surface area contributed by atoms with Crippen LogP contribution in [0.2, 0.25) is 0 Å². The van der Waals surface area contributed by atoms with Crippen LogP contribution in [-0.2, 0) is 16.1 Å².